The van der Waals surface area contributed by atoms with Crippen LogP contribution in [0.15, 0.2) is 24.4 Å². The summed E-state index contributed by atoms with van der Waals surface area (Å²) in [5.41, 5.74) is 1.10. The minimum absolute atomic E-state index is 0. The zero-order valence-electron chi connectivity index (χ0n) is 13.7. The summed E-state index contributed by atoms with van der Waals surface area (Å²) in [6.45, 7) is 5.42. The molecule has 0 saturated carbocycles. The Balaban J connectivity index is 0.00000176. The monoisotopic (exact) mass is 396 g/mol. The van der Waals surface area contributed by atoms with E-state index in [1.54, 1.807) is 0 Å². The highest BCUT2D eigenvalue weighted by Crippen LogP contribution is 2.12. The highest BCUT2D eigenvalue weighted by atomic mass is 35.5. The summed E-state index contributed by atoms with van der Waals surface area (Å²) in [5.74, 6) is 0.298. The van der Waals surface area contributed by atoms with Crippen molar-refractivity contribution in [3.63, 3.8) is 0 Å². The van der Waals surface area contributed by atoms with Gasteiger partial charge < -0.3 is 10.2 Å². The third-order valence-corrected chi connectivity index (χ3v) is 4.40. The van der Waals surface area contributed by atoms with Gasteiger partial charge in [-0.2, -0.15) is 0 Å². The molecule has 1 aromatic rings. The van der Waals surface area contributed by atoms with E-state index >= 15 is 0 Å². The fourth-order valence-corrected chi connectivity index (χ4v) is 3.13. The van der Waals surface area contributed by atoms with Crippen molar-refractivity contribution in [1.29, 1.82) is 0 Å². The van der Waals surface area contributed by atoms with E-state index in [-0.39, 0.29) is 43.3 Å². The van der Waals surface area contributed by atoms with E-state index < -0.39 is 0 Å². The van der Waals surface area contributed by atoms with Gasteiger partial charge in [-0.15, -0.1) is 37.2 Å². The Kier molecular flexibility index (Phi) is 11.6. The first-order valence-electron chi connectivity index (χ1n) is 7.97. The van der Waals surface area contributed by atoms with Crippen molar-refractivity contribution in [3.8, 4) is 0 Å². The Labute approximate surface area is 162 Å². The highest BCUT2D eigenvalue weighted by Gasteiger charge is 2.28. The first-order valence-corrected chi connectivity index (χ1v) is 7.97. The third kappa shape index (κ3) is 6.37. The van der Waals surface area contributed by atoms with Gasteiger partial charge in [-0.1, -0.05) is 12.5 Å². The number of nitrogens with one attached hydrogen (secondary N) is 1. The van der Waals surface area contributed by atoms with E-state index in [4.69, 9.17) is 0 Å². The van der Waals surface area contributed by atoms with Crippen LogP contribution >= 0.6 is 37.2 Å². The maximum Gasteiger partial charge on any atom is 0.239 e. The molecule has 138 valence electrons. The van der Waals surface area contributed by atoms with Gasteiger partial charge >= 0.3 is 0 Å². The third-order valence-electron chi connectivity index (χ3n) is 4.40. The minimum Gasteiger partial charge on any atom is -0.339 e. The molecular formula is C16H27Cl3N4O. The Hall–Kier alpha value is -0.590. The van der Waals surface area contributed by atoms with E-state index in [9.17, 15) is 4.79 Å². The number of piperazine rings is 1. The lowest BCUT2D eigenvalue weighted by molar-refractivity contribution is -0.135. The largest absolute Gasteiger partial charge is 0.339 e. The van der Waals surface area contributed by atoms with E-state index in [2.05, 4.69) is 21.3 Å². The summed E-state index contributed by atoms with van der Waals surface area (Å²) < 4.78 is 0. The maximum absolute atomic E-state index is 12.5. The van der Waals surface area contributed by atoms with Crippen LogP contribution in [-0.2, 0) is 11.3 Å². The smallest absolute Gasteiger partial charge is 0.239 e. The van der Waals surface area contributed by atoms with Crippen molar-refractivity contribution < 1.29 is 4.79 Å². The Morgan fingerprint density at radius 3 is 2.46 bits per heavy atom. The molecule has 2 aliphatic heterocycles. The first-order chi connectivity index (χ1) is 10.3. The van der Waals surface area contributed by atoms with Crippen LogP contribution < -0.4 is 5.32 Å². The predicted octanol–water partition coefficient (Wildman–Crippen LogP) is 2.13. The van der Waals surface area contributed by atoms with Crippen molar-refractivity contribution >= 4 is 43.1 Å². The van der Waals surface area contributed by atoms with Gasteiger partial charge in [0.2, 0.25) is 5.91 Å². The molecule has 8 heteroatoms. The number of carbonyl (C=O) groups excluding carboxylic acids is 1. The topological polar surface area (TPSA) is 48.5 Å². The molecule has 0 aromatic carbocycles. The van der Waals surface area contributed by atoms with E-state index in [1.165, 1.54) is 12.8 Å². The quantitative estimate of drug-likeness (QED) is 0.849. The Bertz CT molecular complexity index is 464. The molecule has 2 fully saturated rings. The van der Waals surface area contributed by atoms with Crippen LogP contribution in [0.25, 0.3) is 0 Å². The first kappa shape index (κ1) is 23.4. The number of hydrogen-bond acceptors (Lipinski definition) is 4. The zero-order chi connectivity index (χ0) is 14.5. The van der Waals surface area contributed by atoms with Crippen molar-refractivity contribution in [2.75, 3.05) is 32.7 Å². The van der Waals surface area contributed by atoms with Gasteiger partial charge in [-0.05, 0) is 31.5 Å². The zero-order valence-corrected chi connectivity index (χ0v) is 16.2. The molecule has 3 heterocycles. The second kappa shape index (κ2) is 11.9. The lowest BCUT2D eigenvalue weighted by Crippen LogP contribution is -2.54. The average molecular weight is 398 g/mol. The Morgan fingerprint density at radius 1 is 1.12 bits per heavy atom. The number of nitrogens with zero attached hydrogens (tertiary/aromatic N) is 3. The van der Waals surface area contributed by atoms with Gasteiger partial charge in [0.15, 0.2) is 0 Å². The summed E-state index contributed by atoms with van der Waals surface area (Å²) in [6.07, 6.45) is 5.20. The molecule has 5 nitrogen and oxygen atoms in total. The van der Waals surface area contributed by atoms with Crippen LogP contribution in [0.4, 0.5) is 0 Å². The summed E-state index contributed by atoms with van der Waals surface area (Å²) in [4.78, 5) is 21.2. The molecule has 0 bridgehead atoms. The molecule has 0 aliphatic carbocycles. The van der Waals surface area contributed by atoms with Crippen LogP contribution in [0.2, 0.25) is 0 Å². The van der Waals surface area contributed by atoms with Crippen molar-refractivity contribution in [1.82, 2.24) is 20.1 Å². The van der Waals surface area contributed by atoms with Crippen LogP contribution in [0.1, 0.15) is 25.0 Å². The molecule has 3 rings (SSSR count). The second-order valence-electron chi connectivity index (χ2n) is 5.93. The molecule has 1 atom stereocenters. The fraction of sp³-hybridized carbons (Fsp3) is 0.625. The number of pyridine rings is 1. The van der Waals surface area contributed by atoms with E-state index in [0.717, 1.165) is 51.4 Å². The summed E-state index contributed by atoms with van der Waals surface area (Å²) in [6, 6.07) is 6.08. The van der Waals surface area contributed by atoms with Crippen molar-refractivity contribution in [2.45, 2.75) is 31.8 Å². The van der Waals surface area contributed by atoms with Gasteiger partial charge in [-0.25, -0.2) is 0 Å². The summed E-state index contributed by atoms with van der Waals surface area (Å²) >= 11 is 0. The molecule has 1 aromatic heterocycles. The Morgan fingerprint density at radius 2 is 1.88 bits per heavy atom. The van der Waals surface area contributed by atoms with Gasteiger partial charge in [0.25, 0.3) is 0 Å². The van der Waals surface area contributed by atoms with Gasteiger partial charge in [0, 0.05) is 38.9 Å². The van der Waals surface area contributed by atoms with Crippen LogP contribution in [-0.4, -0.2) is 59.5 Å². The van der Waals surface area contributed by atoms with Crippen LogP contribution in [0.5, 0.6) is 0 Å². The molecule has 1 N–H and O–H groups in total. The normalized spacial score (nSPS) is 21.0. The van der Waals surface area contributed by atoms with Gasteiger partial charge in [-0.3, -0.25) is 14.7 Å². The second-order valence-corrected chi connectivity index (χ2v) is 5.93. The number of piperidine rings is 1. The molecule has 24 heavy (non-hydrogen) atoms. The molecule has 0 unspecified atom stereocenters. The van der Waals surface area contributed by atoms with E-state index in [1.807, 2.05) is 23.2 Å². The number of halogens is 3. The number of carbonyl (C=O) groups is 1. The predicted molar refractivity (Wildman–Crippen MR) is 103 cm³/mol. The van der Waals surface area contributed by atoms with Crippen molar-refractivity contribution in [3.05, 3.63) is 30.1 Å². The molecule has 1 amide bonds. The average Bonchev–Trinajstić information content (AvgIpc) is 2.57. The fourth-order valence-electron chi connectivity index (χ4n) is 3.13. The minimum atomic E-state index is 0. The lowest BCUT2D eigenvalue weighted by Gasteiger charge is -2.37. The molecule has 0 radical (unpaired) electrons. The standard InChI is InChI=1S/C16H24N4O.3ClH/c21-16(15-6-2-4-8-18-15)20-11-9-19(10-12-20)13-14-5-1-3-7-17-14;;;/h1,3,5,7,15,18H,2,4,6,8-13H2;3*1H/t15-;;;/m1.../s1. The summed E-state index contributed by atoms with van der Waals surface area (Å²) in [7, 11) is 0. The molecular weight excluding hydrogens is 371 g/mol. The molecule has 2 aliphatic rings. The number of rotatable bonds is 3. The van der Waals surface area contributed by atoms with Crippen LogP contribution in [0.3, 0.4) is 0 Å². The van der Waals surface area contributed by atoms with Gasteiger partial charge in [0.1, 0.15) is 0 Å². The lowest BCUT2D eigenvalue weighted by atomic mass is 10.0. The van der Waals surface area contributed by atoms with Crippen LogP contribution in [0, 0.1) is 0 Å². The highest BCUT2D eigenvalue weighted by molar-refractivity contribution is 5.86. The molecule has 2 saturated heterocycles. The molecule has 0 spiro atoms. The SMILES string of the molecule is Cl.Cl.Cl.O=C([C@H]1CCCCN1)N1CCN(Cc2ccccn2)CC1. The number of hydrogen-bond donors (Lipinski definition) is 1. The summed E-state index contributed by atoms with van der Waals surface area (Å²) in [5, 5.41) is 3.35. The number of amides is 1. The van der Waals surface area contributed by atoms with E-state index in [0.29, 0.717) is 5.91 Å². The number of aromatic nitrogens is 1. The van der Waals surface area contributed by atoms with Crippen molar-refractivity contribution in [2.24, 2.45) is 0 Å². The van der Waals surface area contributed by atoms with Gasteiger partial charge in [0.05, 0.1) is 11.7 Å². The maximum atomic E-state index is 12.5.